The van der Waals surface area contributed by atoms with E-state index in [1.165, 1.54) is 19.4 Å². The molecule has 4 unspecified atom stereocenters. The van der Waals surface area contributed by atoms with E-state index in [0.29, 0.717) is 11.6 Å². The highest BCUT2D eigenvalue weighted by molar-refractivity contribution is 5.23. The van der Waals surface area contributed by atoms with Gasteiger partial charge in [0, 0.05) is 18.5 Å². The Morgan fingerprint density at radius 2 is 2.21 bits per heavy atom. The Labute approximate surface area is 86.8 Å². The largest absolute Gasteiger partial charge is 0.294 e. The van der Waals surface area contributed by atoms with Crippen molar-refractivity contribution >= 4 is 0 Å². The van der Waals surface area contributed by atoms with Crippen LogP contribution >= 0.6 is 0 Å². The zero-order valence-corrected chi connectivity index (χ0v) is 9.35. The third-order valence-electron chi connectivity index (χ3n) is 3.64. The fourth-order valence-electron chi connectivity index (χ4n) is 2.08. The third kappa shape index (κ3) is 1.94. The van der Waals surface area contributed by atoms with Gasteiger partial charge in [0.1, 0.15) is 0 Å². The molecule has 2 fully saturated rings. The summed E-state index contributed by atoms with van der Waals surface area (Å²) in [4.78, 5) is 0. The summed E-state index contributed by atoms with van der Waals surface area (Å²) in [6.07, 6.45) is 2.58. The molecule has 78 valence electrons. The highest BCUT2D eigenvalue weighted by atomic mass is 15.5. The molecule has 0 radical (unpaired) electrons. The zero-order valence-electron chi connectivity index (χ0n) is 9.35. The first-order valence-corrected chi connectivity index (χ1v) is 5.63. The first kappa shape index (κ1) is 10.0. The molecule has 0 aromatic rings. The zero-order chi connectivity index (χ0) is 10.2. The monoisotopic (exact) mass is 192 g/mol. The van der Waals surface area contributed by atoms with Gasteiger partial charge in [-0.2, -0.15) is 0 Å². The van der Waals surface area contributed by atoms with Crippen molar-refractivity contribution in [3.05, 3.63) is 0 Å². The molecule has 2 heterocycles. The SMILES string of the molecule is CC#CC(C)C(C)CCC1NC12CN2. The van der Waals surface area contributed by atoms with Gasteiger partial charge in [0.15, 0.2) is 0 Å². The number of rotatable bonds is 4. The maximum atomic E-state index is 3.50. The second kappa shape index (κ2) is 3.56. The van der Waals surface area contributed by atoms with Gasteiger partial charge in [0.2, 0.25) is 0 Å². The lowest BCUT2D eigenvalue weighted by atomic mass is 9.91. The Morgan fingerprint density at radius 3 is 2.71 bits per heavy atom. The van der Waals surface area contributed by atoms with E-state index in [-0.39, 0.29) is 0 Å². The van der Waals surface area contributed by atoms with E-state index in [2.05, 4.69) is 36.3 Å². The van der Waals surface area contributed by atoms with Crippen molar-refractivity contribution in [3.8, 4) is 11.8 Å². The maximum absolute atomic E-state index is 3.50. The van der Waals surface area contributed by atoms with Crippen LogP contribution < -0.4 is 10.6 Å². The smallest absolute Gasteiger partial charge is 0.0978 e. The van der Waals surface area contributed by atoms with Gasteiger partial charge in [-0.15, -0.1) is 11.8 Å². The number of nitrogens with one attached hydrogen (secondary N) is 2. The molecule has 2 heteroatoms. The fourth-order valence-corrected chi connectivity index (χ4v) is 2.08. The van der Waals surface area contributed by atoms with E-state index in [0.717, 1.165) is 12.0 Å². The van der Waals surface area contributed by atoms with Crippen LogP contribution in [-0.2, 0) is 0 Å². The van der Waals surface area contributed by atoms with Crippen molar-refractivity contribution in [2.75, 3.05) is 6.54 Å². The second-order valence-electron chi connectivity index (χ2n) is 4.76. The molecule has 0 aromatic heterocycles. The molecule has 4 atom stereocenters. The summed E-state index contributed by atoms with van der Waals surface area (Å²) < 4.78 is 0. The molecule has 0 saturated carbocycles. The molecule has 2 saturated heterocycles. The minimum absolute atomic E-state index is 0.402. The van der Waals surface area contributed by atoms with E-state index < -0.39 is 0 Å². The molecule has 0 bridgehead atoms. The topological polar surface area (TPSA) is 43.9 Å². The van der Waals surface area contributed by atoms with Crippen LogP contribution in [0.25, 0.3) is 0 Å². The van der Waals surface area contributed by atoms with Gasteiger partial charge >= 0.3 is 0 Å². The van der Waals surface area contributed by atoms with Crippen molar-refractivity contribution in [1.82, 2.24) is 10.6 Å². The molecule has 0 aliphatic carbocycles. The molecular weight excluding hydrogens is 172 g/mol. The average Bonchev–Trinajstić information content (AvgIpc) is 3.05. The van der Waals surface area contributed by atoms with Gasteiger partial charge in [-0.1, -0.05) is 13.8 Å². The average molecular weight is 192 g/mol. The molecule has 2 N–H and O–H groups in total. The van der Waals surface area contributed by atoms with E-state index in [1.807, 2.05) is 6.92 Å². The fraction of sp³-hybridized carbons (Fsp3) is 0.833. The maximum Gasteiger partial charge on any atom is 0.0978 e. The molecule has 14 heavy (non-hydrogen) atoms. The summed E-state index contributed by atoms with van der Waals surface area (Å²) in [6.45, 7) is 7.64. The van der Waals surface area contributed by atoms with Gasteiger partial charge in [-0.3, -0.25) is 10.6 Å². The first-order valence-electron chi connectivity index (χ1n) is 5.63. The summed E-state index contributed by atoms with van der Waals surface area (Å²) in [5.41, 5.74) is 0.402. The van der Waals surface area contributed by atoms with Crippen molar-refractivity contribution in [2.45, 2.75) is 45.3 Å². The molecular formula is C12H20N2. The van der Waals surface area contributed by atoms with Crippen molar-refractivity contribution < 1.29 is 0 Å². The molecule has 0 amide bonds. The Morgan fingerprint density at radius 1 is 1.50 bits per heavy atom. The van der Waals surface area contributed by atoms with Crippen LogP contribution in [0.1, 0.15) is 33.6 Å². The summed E-state index contributed by atoms with van der Waals surface area (Å²) in [7, 11) is 0. The lowest BCUT2D eigenvalue weighted by Gasteiger charge is -2.13. The lowest BCUT2D eigenvalue weighted by molar-refractivity contribution is 0.423. The standard InChI is InChI=1S/C12H20N2/c1-4-5-9(2)10(3)6-7-11-12(14-11)8-13-12/h9-11,13-14H,6-8H2,1-3H3. The van der Waals surface area contributed by atoms with Crippen LogP contribution in [0, 0.1) is 23.7 Å². The molecule has 0 aromatic carbocycles. The predicted octanol–water partition coefficient (Wildman–Crippen LogP) is 1.33. The highest BCUT2D eigenvalue weighted by Gasteiger charge is 2.62. The molecule has 2 aliphatic rings. The minimum atomic E-state index is 0.402. The minimum Gasteiger partial charge on any atom is -0.294 e. The third-order valence-corrected chi connectivity index (χ3v) is 3.64. The van der Waals surface area contributed by atoms with Gasteiger partial charge in [0.25, 0.3) is 0 Å². The van der Waals surface area contributed by atoms with Crippen LogP contribution in [0.4, 0.5) is 0 Å². The van der Waals surface area contributed by atoms with Crippen LogP contribution in [0.5, 0.6) is 0 Å². The lowest BCUT2D eigenvalue weighted by Crippen LogP contribution is -2.08. The van der Waals surface area contributed by atoms with E-state index in [9.17, 15) is 0 Å². The number of hydrogen-bond acceptors (Lipinski definition) is 2. The first-order chi connectivity index (χ1) is 6.68. The van der Waals surface area contributed by atoms with E-state index in [1.54, 1.807) is 0 Å². The van der Waals surface area contributed by atoms with Crippen molar-refractivity contribution in [2.24, 2.45) is 11.8 Å². The summed E-state index contributed by atoms with van der Waals surface area (Å²) in [5.74, 6) is 7.51. The molecule has 2 nitrogen and oxygen atoms in total. The van der Waals surface area contributed by atoms with Gasteiger partial charge < -0.3 is 0 Å². The normalized spacial score (nSPS) is 37.2. The van der Waals surface area contributed by atoms with Crippen LogP contribution in [0.15, 0.2) is 0 Å². The van der Waals surface area contributed by atoms with Crippen molar-refractivity contribution in [3.63, 3.8) is 0 Å². The quantitative estimate of drug-likeness (QED) is 0.521. The van der Waals surface area contributed by atoms with Gasteiger partial charge in [0.05, 0.1) is 5.66 Å². The highest BCUT2D eigenvalue weighted by Crippen LogP contribution is 2.36. The Kier molecular flexibility index (Phi) is 2.55. The van der Waals surface area contributed by atoms with Crippen LogP contribution in [0.2, 0.25) is 0 Å². The predicted molar refractivity (Wildman–Crippen MR) is 58.7 cm³/mol. The second-order valence-corrected chi connectivity index (χ2v) is 4.76. The van der Waals surface area contributed by atoms with Crippen molar-refractivity contribution in [1.29, 1.82) is 0 Å². The van der Waals surface area contributed by atoms with Crippen LogP contribution in [0.3, 0.4) is 0 Å². The van der Waals surface area contributed by atoms with E-state index in [4.69, 9.17) is 0 Å². The molecule has 2 aliphatic heterocycles. The number of hydrogen-bond donors (Lipinski definition) is 2. The molecule has 1 spiro atoms. The van der Waals surface area contributed by atoms with Gasteiger partial charge in [-0.25, -0.2) is 0 Å². The Balaban J connectivity index is 1.66. The summed E-state index contributed by atoms with van der Waals surface area (Å²) in [6, 6.07) is 0.742. The van der Waals surface area contributed by atoms with E-state index >= 15 is 0 Å². The summed E-state index contributed by atoms with van der Waals surface area (Å²) in [5, 5.41) is 6.87. The Hall–Kier alpha value is -0.520. The summed E-state index contributed by atoms with van der Waals surface area (Å²) >= 11 is 0. The van der Waals surface area contributed by atoms with Gasteiger partial charge in [-0.05, 0) is 25.7 Å². The molecule has 2 rings (SSSR count). The van der Waals surface area contributed by atoms with Crippen LogP contribution in [-0.4, -0.2) is 18.2 Å². The Bertz CT molecular complexity index is 270.